The summed E-state index contributed by atoms with van der Waals surface area (Å²) in [6.07, 6.45) is 0.829. The standard InChI is InChI=1S/C16H17BrSi/c1-18(2,3)12-6-8-14-11-10-13-7-4-5-9-15(13)16(14)17/h4-5,7,9-11H,8H2,1-3H3. The Morgan fingerprint density at radius 2 is 1.78 bits per heavy atom. The van der Waals surface area contributed by atoms with Crippen molar-refractivity contribution in [1.29, 1.82) is 0 Å². The lowest BCUT2D eigenvalue weighted by Gasteiger charge is -2.06. The van der Waals surface area contributed by atoms with Crippen LogP contribution in [-0.4, -0.2) is 8.07 Å². The highest BCUT2D eigenvalue weighted by Crippen LogP contribution is 2.27. The van der Waals surface area contributed by atoms with E-state index in [-0.39, 0.29) is 0 Å². The highest BCUT2D eigenvalue weighted by molar-refractivity contribution is 9.10. The summed E-state index contributed by atoms with van der Waals surface area (Å²) in [7, 11) is -1.26. The van der Waals surface area contributed by atoms with E-state index in [1.807, 2.05) is 0 Å². The second kappa shape index (κ2) is 5.30. The molecule has 2 aromatic carbocycles. The van der Waals surface area contributed by atoms with Crippen molar-refractivity contribution in [3.63, 3.8) is 0 Å². The van der Waals surface area contributed by atoms with Crippen LogP contribution in [0.5, 0.6) is 0 Å². The molecular weight excluding hydrogens is 300 g/mol. The fourth-order valence-corrected chi connectivity index (χ4v) is 3.07. The summed E-state index contributed by atoms with van der Waals surface area (Å²) in [6, 6.07) is 12.8. The maximum atomic E-state index is 3.71. The van der Waals surface area contributed by atoms with Crippen molar-refractivity contribution in [2.45, 2.75) is 26.1 Å². The third-order valence-corrected chi connectivity index (χ3v) is 4.55. The van der Waals surface area contributed by atoms with E-state index in [9.17, 15) is 0 Å². The van der Waals surface area contributed by atoms with Crippen LogP contribution >= 0.6 is 15.9 Å². The predicted octanol–water partition coefficient (Wildman–Crippen LogP) is 5.03. The molecule has 92 valence electrons. The molecule has 18 heavy (non-hydrogen) atoms. The van der Waals surface area contributed by atoms with Crippen LogP contribution in [0.3, 0.4) is 0 Å². The number of fused-ring (bicyclic) bond motifs is 1. The maximum Gasteiger partial charge on any atom is 0.129 e. The average molecular weight is 317 g/mol. The van der Waals surface area contributed by atoms with Crippen LogP contribution in [-0.2, 0) is 6.42 Å². The summed E-state index contributed by atoms with van der Waals surface area (Å²) in [5, 5.41) is 2.54. The molecule has 0 aliphatic heterocycles. The molecule has 0 spiro atoms. The molecule has 0 atom stereocenters. The Morgan fingerprint density at radius 3 is 2.50 bits per heavy atom. The zero-order chi connectivity index (χ0) is 13.2. The first-order valence-electron chi connectivity index (χ1n) is 6.13. The quantitative estimate of drug-likeness (QED) is 0.511. The first-order chi connectivity index (χ1) is 8.47. The van der Waals surface area contributed by atoms with Crippen molar-refractivity contribution >= 4 is 34.8 Å². The molecule has 0 radical (unpaired) electrons. The molecule has 0 aromatic heterocycles. The fraction of sp³-hybridized carbons (Fsp3) is 0.250. The third-order valence-electron chi connectivity index (χ3n) is 2.69. The van der Waals surface area contributed by atoms with Crippen LogP contribution in [0.2, 0.25) is 19.6 Å². The van der Waals surface area contributed by atoms with Crippen LogP contribution in [0.15, 0.2) is 40.9 Å². The largest absolute Gasteiger partial charge is 0.132 e. The van der Waals surface area contributed by atoms with Crippen molar-refractivity contribution in [2.24, 2.45) is 0 Å². The molecule has 2 heteroatoms. The molecule has 0 fully saturated rings. The normalized spacial score (nSPS) is 11.1. The van der Waals surface area contributed by atoms with Crippen LogP contribution in [0.1, 0.15) is 5.56 Å². The minimum atomic E-state index is -1.26. The zero-order valence-corrected chi connectivity index (χ0v) is 13.6. The topological polar surface area (TPSA) is 0 Å². The highest BCUT2D eigenvalue weighted by Gasteiger charge is 2.08. The van der Waals surface area contributed by atoms with Gasteiger partial charge < -0.3 is 0 Å². The number of hydrogen-bond acceptors (Lipinski definition) is 0. The minimum Gasteiger partial charge on any atom is -0.132 e. The molecule has 0 nitrogen and oxygen atoms in total. The lowest BCUT2D eigenvalue weighted by atomic mass is 10.1. The van der Waals surface area contributed by atoms with Gasteiger partial charge in [0.25, 0.3) is 0 Å². The number of hydrogen-bond donors (Lipinski definition) is 0. The summed E-state index contributed by atoms with van der Waals surface area (Å²) < 4.78 is 1.19. The molecule has 0 bridgehead atoms. The van der Waals surface area contributed by atoms with E-state index in [0.29, 0.717) is 0 Å². The van der Waals surface area contributed by atoms with Gasteiger partial charge in [0.2, 0.25) is 0 Å². The van der Waals surface area contributed by atoms with E-state index in [0.717, 1.165) is 6.42 Å². The average Bonchev–Trinajstić information content (AvgIpc) is 2.31. The third kappa shape index (κ3) is 3.25. The molecule has 0 heterocycles. The van der Waals surface area contributed by atoms with Crippen LogP contribution in [0.4, 0.5) is 0 Å². The van der Waals surface area contributed by atoms with Crippen molar-refractivity contribution in [3.05, 3.63) is 46.4 Å². The van der Waals surface area contributed by atoms with Gasteiger partial charge in [0.15, 0.2) is 0 Å². The van der Waals surface area contributed by atoms with Crippen molar-refractivity contribution < 1.29 is 0 Å². The van der Waals surface area contributed by atoms with Crippen molar-refractivity contribution in [2.75, 3.05) is 0 Å². The highest BCUT2D eigenvalue weighted by atomic mass is 79.9. The van der Waals surface area contributed by atoms with Gasteiger partial charge in [0.05, 0.1) is 0 Å². The number of halogens is 1. The van der Waals surface area contributed by atoms with E-state index in [1.54, 1.807) is 0 Å². The first-order valence-corrected chi connectivity index (χ1v) is 10.4. The molecule has 0 aliphatic carbocycles. The van der Waals surface area contributed by atoms with E-state index >= 15 is 0 Å². The smallest absolute Gasteiger partial charge is 0.129 e. The summed E-state index contributed by atoms with van der Waals surface area (Å²) in [5.74, 6) is 3.33. The zero-order valence-electron chi connectivity index (χ0n) is 11.0. The van der Waals surface area contributed by atoms with Gasteiger partial charge in [0.1, 0.15) is 8.07 Å². The van der Waals surface area contributed by atoms with Gasteiger partial charge in [-0.2, -0.15) is 0 Å². The number of benzene rings is 2. The second-order valence-corrected chi connectivity index (χ2v) is 11.0. The Labute approximate surface area is 119 Å². The Balaban J connectivity index is 2.34. The minimum absolute atomic E-state index is 0.829. The monoisotopic (exact) mass is 316 g/mol. The van der Waals surface area contributed by atoms with Gasteiger partial charge in [-0.3, -0.25) is 0 Å². The van der Waals surface area contributed by atoms with Gasteiger partial charge in [0, 0.05) is 10.9 Å². The van der Waals surface area contributed by atoms with Gasteiger partial charge in [-0.15, -0.1) is 11.5 Å². The number of rotatable bonds is 1. The van der Waals surface area contributed by atoms with Crippen molar-refractivity contribution in [3.8, 4) is 11.5 Å². The Bertz CT molecular complexity index is 627. The van der Waals surface area contributed by atoms with Gasteiger partial charge in [-0.1, -0.05) is 56.0 Å². The molecule has 0 aliphatic rings. The molecule has 0 unspecified atom stereocenters. The van der Waals surface area contributed by atoms with Gasteiger partial charge in [-0.05, 0) is 32.3 Å². The summed E-state index contributed by atoms with van der Waals surface area (Å²) in [6.45, 7) is 6.82. The van der Waals surface area contributed by atoms with Gasteiger partial charge in [-0.25, -0.2) is 0 Å². The molecule has 0 saturated heterocycles. The summed E-state index contributed by atoms with van der Waals surface area (Å²) in [4.78, 5) is 0. The first kappa shape index (κ1) is 13.4. The summed E-state index contributed by atoms with van der Waals surface area (Å²) in [5.41, 5.74) is 4.69. The lowest BCUT2D eigenvalue weighted by Crippen LogP contribution is -2.16. The maximum absolute atomic E-state index is 3.71. The van der Waals surface area contributed by atoms with E-state index < -0.39 is 8.07 Å². The Kier molecular flexibility index (Phi) is 3.94. The Morgan fingerprint density at radius 1 is 1.06 bits per heavy atom. The Hall–Kier alpha value is -1.04. The van der Waals surface area contributed by atoms with Crippen LogP contribution in [0, 0.1) is 11.5 Å². The van der Waals surface area contributed by atoms with Crippen LogP contribution < -0.4 is 0 Å². The SMILES string of the molecule is C[Si](C)(C)C#CCc1ccc2ccccc2c1Br. The molecular formula is C16H17BrSi. The molecule has 2 rings (SSSR count). The predicted molar refractivity (Wildman–Crippen MR) is 86.5 cm³/mol. The summed E-state index contributed by atoms with van der Waals surface area (Å²) >= 11 is 3.71. The van der Waals surface area contributed by atoms with Gasteiger partial charge >= 0.3 is 0 Å². The molecule has 0 N–H and O–H groups in total. The molecule has 2 aromatic rings. The van der Waals surface area contributed by atoms with E-state index in [2.05, 4.69) is 83.4 Å². The van der Waals surface area contributed by atoms with E-state index in [4.69, 9.17) is 0 Å². The van der Waals surface area contributed by atoms with Crippen molar-refractivity contribution in [1.82, 2.24) is 0 Å². The molecule has 0 saturated carbocycles. The fourth-order valence-electron chi connectivity index (χ4n) is 1.82. The lowest BCUT2D eigenvalue weighted by molar-refractivity contribution is 1.31. The van der Waals surface area contributed by atoms with Crippen LogP contribution in [0.25, 0.3) is 10.8 Å². The van der Waals surface area contributed by atoms with E-state index in [1.165, 1.54) is 20.8 Å². The second-order valence-electron chi connectivity index (χ2n) is 5.49. The molecule has 0 amide bonds.